The topological polar surface area (TPSA) is 102 Å². The van der Waals surface area contributed by atoms with E-state index < -0.39 is 18.1 Å². The van der Waals surface area contributed by atoms with Crippen LogP contribution in [-0.4, -0.2) is 75.5 Å². The van der Waals surface area contributed by atoms with E-state index in [9.17, 15) is 19.5 Å². The van der Waals surface area contributed by atoms with Crippen molar-refractivity contribution in [3.05, 3.63) is 85.1 Å². The number of carboxylic acids is 1. The lowest BCUT2D eigenvalue weighted by molar-refractivity contribution is -0.889. The van der Waals surface area contributed by atoms with Gasteiger partial charge >= 0.3 is 11.9 Å². The van der Waals surface area contributed by atoms with Gasteiger partial charge in [-0.2, -0.15) is 0 Å². The fourth-order valence-electron chi connectivity index (χ4n) is 5.53. The number of hydrogen-bond acceptors (Lipinski definition) is 7. The second kappa shape index (κ2) is 37.4. The standard InChI is InChI=1S/C47H77NO7/c1-6-8-10-12-14-16-17-18-19-20-21-22-23-24-25-26-27-28-29-30-32-33-35-37-45(49)54-42-43(41-53-40-39-44(47(51)52)48(3,4)5)55-46(50)38-36-34-31-15-13-11-9-7-2/h8,10,14,16,18-19,21-22,24-25,27-28,30,32,43-44H,6-7,9,11-13,15,17,20,23,26,29,31,33-42H2,1-5H3/b10-8+,16-14+,19-18+,22-21+,25-24+,28-27+,32-30+. The van der Waals surface area contributed by atoms with Crippen LogP contribution < -0.4 is 5.11 Å². The van der Waals surface area contributed by atoms with Gasteiger partial charge in [0.05, 0.1) is 40.3 Å². The predicted octanol–water partition coefficient (Wildman–Crippen LogP) is 10.0. The lowest BCUT2D eigenvalue weighted by atomic mass is 10.1. The Kier molecular flexibility index (Phi) is 35.1. The molecule has 0 aromatic rings. The van der Waals surface area contributed by atoms with Gasteiger partial charge in [0.2, 0.25) is 0 Å². The van der Waals surface area contributed by atoms with E-state index in [1.165, 1.54) is 32.1 Å². The Morgan fingerprint density at radius 1 is 0.564 bits per heavy atom. The van der Waals surface area contributed by atoms with Gasteiger partial charge in [0, 0.05) is 19.3 Å². The highest BCUT2D eigenvalue weighted by Crippen LogP contribution is 2.12. The molecule has 8 heteroatoms. The summed E-state index contributed by atoms with van der Waals surface area (Å²) in [6.07, 6.45) is 47.7. The highest BCUT2D eigenvalue weighted by Gasteiger charge is 2.25. The van der Waals surface area contributed by atoms with Crippen molar-refractivity contribution in [1.29, 1.82) is 0 Å². The molecule has 0 N–H and O–H groups in total. The number of hydrogen-bond donors (Lipinski definition) is 0. The minimum absolute atomic E-state index is 0.0185. The van der Waals surface area contributed by atoms with Gasteiger partial charge < -0.3 is 28.6 Å². The van der Waals surface area contributed by atoms with Crippen molar-refractivity contribution >= 4 is 17.9 Å². The Balaban J connectivity index is 4.37. The van der Waals surface area contributed by atoms with Crippen LogP contribution in [0.4, 0.5) is 0 Å². The summed E-state index contributed by atoms with van der Waals surface area (Å²) >= 11 is 0. The number of aliphatic carboxylic acids is 1. The van der Waals surface area contributed by atoms with Crippen LogP contribution in [0.2, 0.25) is 0 Å². The molecule has 55 heavy (non-hydrogen) atoms. The number of unbranched alkanes of at least 4 members (excludes halogenated alkanes) is 8. The average Bonchev–Trinajstić information content (AvgIpc) is 3.14. The Labute approximate surface area is 335 Å². The number of nitrogens with zero attached hydrogens (tertiary/aromatic N) is 1. The summed E-state index contributed by atoms with van der Waals surface area (Å²) in [4.78, 5) is 36.6. The molecule has 0 aliphatic carbocycles. The highest BCUT2D eigenvalue weighted by atomic mass is 16.6. The fourth-order valence-corrected chi connectivity index (χ4v) is 5.53. The number of quaternary nitrogens is 1. The zero-order chi connectivity index (χ0) is 40.7. The Morgan fingerprint density at radius 3 is 1.49 bits per heavy atom. The molecule has 2 unspecified atom stereocenters. The number of carboxylic acid groups (broad SMARTS) is 1. The van der Waals surface area contributed by atoms with Crippen LogP contribution in [0.3, 0.4) is 0 Å². The molecular formula is C47H77NO7. The Morgan fingerprint density at radius 2 is 1.02 bits per heavy atom. The summed E-state index contributed by atoms with van der Waals surface area (Å²) in [7, 11) is 5.37. The van der Waals surface area contributed by atoms with Gasteiger partial charge in [0.1, 0.15) is 12.6 Å². The molecule has 0 aromatic carbocycles. The van der Waals surface area contributed by atoms with Gasteiger partial charge in [-0.15, -0.1) is 0 Å². The van der Waals surface area contributed by atoms with Crippen LogP contribution in [0.5, 0.6) is 0 Å². The zero-order valence-corrected chi connectivity index (χ0v) is 35.3. The molecule has 0 saturated carbocycles. The first-order chi connectivity index (χ1) is 26.6. The number of ether oxygens (including phenoxy) is 3. The number of carbonyl (C=O) groups excluding carboxylic acids is 3. The molecule has 0 radical (unpaired) electrons. The van der Waals surface area contributed by atoms with Crippen molar-refractivity contribution in [2.75, 3.05) is 41.0 Å². The van der Waals surface area contributed by atoms with E-state index in [1.54, 1.807) is 21.1 Å². The first kappa shape index (κ1) is 51.5. The Hall–Kier alpha value is -3.49. The Bertz CT molecular complexity index is 1170. The van der Waals surface area contributed by atoms with Gasteiger partial charge in [0.25, 0.3) is 0 Å². The van der Waals surface area contributed by atoms with Crippen LogP contribution in [-0.2, 0) is 28.6 Å². The lowest BCUT2D eigenvalue weighted by Gasteiger charge is -2.34. The number of likely N-dealkylation sites (N-methyl/N-ethyl adjacent to an activating group) is 1. The van der Waals surface area contributed by atoms with Crippen molar-refractivity contribution in [3.63, 3.8) is 0 Å². The van der Waals surface area contributed by atoms with Crippen LogP contribution >= 0.6 is 0 Å². The van der Waals surface area contributed by atoms with Crippen molar-refractivity contribution in [2.24, 2.45) is 0 Å². The van der Waals surface area contributed by atoms with Crippen LogP contribution in [0.1, 0.15) is 142 Å². The summed E-state index contributed by atoms with van der Waals surface area (Å²) in [6, 6.07) is -0.736. The predicted molar refractivity (Wildman–Crippen MR) is 226 cm³/mol. The first-order valence-corrected chi connectivity index (χ1v) is 21.1. The van der Waals surface area contributed by atoms with Crippen LogP contribution in [0, 0.1) is 0 Å². The second-order valence-electron chi connectivity index (χ2n) is 14.8. The lowest BCUT2D eigenvalue weighted by Crippen LogP contribution is -2.55. The summed E-state index contributed by atoms with van der Waals surface area (Å²) in [5.41, 5.74) is 0. The molecule has 0 rings (SSSR count). The number of allylic oxidation sites excluding steroid dienone is 14. The monoisotopic (exact) mass is 768 g/mol. The molecule has 2 atom stereocenters. The van der Waals surface area contributed by atoms with Gasteiger partial charge in [-0.25, -0.2) is 0 Å². The van der Waals surface area contributed by atoms with E-state index in [4.69, 9.17) is 14.2 Å². The van der Waals surface area contributed by atoms with Crippen LogP contribution in [0.25, 0.3) is 0 Å². The molecule has 0 aromatic heterocycles. The maximum Gasteiger partial charge on any atom is 0.306 e. The molecule has 0 aliphatic rings. The minimum Gasteiger partial charge on any atom is -0.544 e. The molecular weight excluding hydrogens is 691 g/mol. The fraction of sp³-hybridized carbons (Fsp3) is 0.638. The molecule has 0 amide bonds. The summed E-state index contributed by atoms with van der Waals surface area (Å²) in [6.45, 7) is 4.43. The summed E-state index contributed by atoms with van der Waals surface area (Å²) in [5, 5.41) is 11.6. The number of esters is 2. The molecule has 0 bridgehead atoms. The largest absolute Gasteiger partial charge is 0.544 e. The molecule has 8 nitrogen and oxygen atoms in total. The van der Waals surface area contributed by atoms with E-state index >= 15 is 0 Å². The summed E-state index contributed by atoms with van der Waals surface area (Å²) < 4.78 is 17.0. The average molecular weight is 768 g/mol. The van der Waals surface area contributed by atoms with E-state index in [0.29, 0.717) is 12.8 Å². The molecule has 0 spiro atoms. The van der Waals surface area contributed by atoms with E-state index in [0.717, 1.165) is 70.6 Å². The first-order valence-electron chi connectivity index (χ1n) is 21.1. The van der Waals surface area contributed by atoms with Gasteiger partial charge in [-0.3, -0.25) is 9.59 Å². The third-order valence-corrected chi connectivity index (χ3v) is 8.80. The quantitative estimate of drug-likeness (QED) is 0.0271. The van der Waals surface area contributed by atoms with E-state index in [1.807, 2.05) is 0 Å². The van der Waals surface area contributed by atoms with E-state index in [-0.39, 0.29) is 49.1 Å². The molecule has 0 saturated heterocycles. The second-order valence-corrected chi connectivity index (χ2v) is 14.8. The van der Waals surface area contributed by atoms with Crippen molar-refractivity contribution in [2.45, 2.75) is 154 Å². The normalized spacial score (nSPS) is 13.8. The molecule has 0 aliphatic heterocycles. The van der Waals surface area contributed by atoms with Gasteiger partial charge in [0.15, 0.2) is 6.10 Å². The SMILES string of the molecule is CC/C=C/C/C=C/C/C=C/C/C=C/C/C=C/C/C=C/C/C=C/CCCC(=O)OCC(COCCC(C(=O)[O-])[N+](C)(C)C)OC(=O)CCCCCCCCCC. The third kappa shape index (κ3) is 35.9. The minimum atomic E-state index is -1.14. The van der Waals surface area contributed by atoms with Crippen LogP contribution in [0.15, 0.2) is 85.1 Å². The third-order valence-electron chi connectivity index (χ3n) is 8.80. The smallest absolute Gasteiger partial charge is 0.306 e. The molecule has 312 valence electrons. The van der Waals surface area contributed by atoms with Gasteiger partial charge in [-0.05, 0) is 64.2 Å². The maximum atomic E-state index is 12.6. The van der Waals surface area contributed by atoms with Crippen molar-refractivity contribution in [1.82, 2.24) is 0 Å². The zero-order valence-electron chi connectivity index (χ0n) is 35.3. The molecule has 0 fully saturated rings. The van der Waals surface area contributed by atoms with Crippen molar-refractivity contribution in [3.8, 4) is 0 Å². The van der Waals surface area contributed by atoms with Gasteiger partial charge in [-0.1, -0.05) is 144 Å². The van der Waals surface area contributed by atoms with E-state index in [2.05, 4.69) is 98.9 Å². The summed E-state index contributed by atoms with van der Waals surface area (Å²) in [5.74, 6) is -1.83. The number of carbonyl (C=O) groups is 3. The number of rotatable bonds is 36. The molecule has 0 heterocycles. The highest BCUT2D eigenvalue weighted by molar-refractivity contribution is 5.70. The maximum absolute atomic E-state index is 12.6. The van der Waals surface area contributed by atoms with Crippen molar-refractivity contribution < 1.29 is 38.2 Å².